The molecule has 52 heteroatoms. The van der Waals surface area contributed by atoms with Crippen LogP contribution in [0.3, 0.4) is 0 Å². The number of fused-ring (bicyclic) bond motifs is 7. The minimum Gasteiger partial charge on any atom is -0.506 e. The molecule has 0 aromatic rings. The highest BCUT2D eigenvalue weighted by Gasteiger charge is 2.73. The second-order valence-corrected chi connectivity index (χ2v) is 44.2. The third kappa shape index (κ3) is 26.4. The topological polar surface area (TPSA) is 838 Å². The van der Waals surface area contributed by atoms with Crippen LogP contribution in [-0.2, 0) is 95.1 Å². The molecule has 5 aliphatic heterocycles. The van der Waals surface area contributed by atoms with Crippen molar-refractivity contribution < 1.29 is 238 Å². The Balaban J connectivity index is 0.933. The van der Waals surface area contributed by atoms with Crippen LogP contribution >= 0.6 is 0 Å². The summed E-state index contributed by atoms with van der Waals surface area (Å²) in [7, 11) is 0. The monoisotopic (exact) mass is 2160 g/mol. The number of esters is 2. The van der Waals surface area contributed by atoms with Gasteiger partial charge in [0.1, 0.15) is 140 Å². The van der Waals surface area contributed by atoms with E-state index in [2.05, 4.69) is 22.8 Å². The molecule has 860 valence electrons. The average molecular weight is 2160 g/mol. The van der Waals surface area contributed by atoms with Gasteiger partial charge in [-0.3, -0.25) is 33.7 Å². The Labute approximate surface area is 866 Å². The number of hydrogen-bond acceptors (Lipinski definition) is 49. The number of nitrogens with zero attached hydrogens (tertiary/aromatic N) is 2. The van der Waals surface area contributed by atoms with E-state index >= 15 is 4.79 Å². The van der Waals surface area contributed by atoms with Gasteiger partial charge in [-0.05, 0) is 157 Å². The first-order valence-electron chi connectivity index (χ1n) is 51.4. The fourth-order valence-electron chi connectivity index (χ4n) is 24.2. The summed E-state index contributed by atoms with van der Waals surface area (Å²) in [6.07, 6.45) is -73.9. The number of aliphatic hydroxyl groups is 28. The van der Waals surface area contributed by atoms with Crippen molar-refractivity contribution >= 4 is 41.8 Å². The summed E-state index contributed by atoms with van der Waals surface area (Å²) in [6, 6.07) is 0. The number of carbonyl (C=O) groups is 6. The molecule has 11 aliphatic rings. The van der Waals surface area contributed by atoms with Crippen molar-refractivity contribution in [1.82, 2.24) is 15.6 Å². The lowest BCUT2D eigenvalue weighted by atomic mass is 9.33. The number of nitrogens with one attached hydrogen (secondary N) is 2. The molecule has 0 aromatic heterocycles. The minimum atomic E-state index is -2.71. The molecule has 0 radical (unpaired) electrons. The number of rotatable bonds is 47. The van der Waals surface area contributed by atoms with Crippen LogP contribution in [0.4, 0.5) is 0 Å². The molecule has 40 unspecified atom stereocenters. The molecule has 0 spiro atoms. The molecule has 150 heavy (non-hydrogen) atoms. The number of imide groups is 1. The quantitative estimate of drug-likeness (QED) is 0.00393. The first kappa shape index (κ1) is 124. The van der Waals surface area contributed by atoms with Gasteiger partial charge < -0.3 is 215 Å². The van der Waals surface area contributed by atoms with Crippen LogP contribution in [0, 0.1) is 50.2 Å². The number of allylic oxidation sites excluding steroid dienone is 2. The van der Waals surface area contributed by atoms with Crippen molar-refractivity contribution in [2.75, 3.05) is 39.6 Å². The molecular formula is C98H160N4O48. The number of aliphatic hydroxyl groups excluding tert-OH is 28. The third-order valence-electron chi connectivity index (χ3n) is 33.3. The van der Waals surface area contributed by atoms with E-state index in [0.717, 1.165) is 36.5 Å². The summed E-state index contributed by atoms with van der Waals surface area (Å²) in [5.74, 6) is -9.34. The lowest BCUT2D eigenvalue weighted by molar-refractivity contribution is -0.382. The maximum atomic E-state index is 16.6. The lowest BCUT2D eigenvalue weighted by Gasteiger charge is -2.71. The summed E-state index contributed by atoms with van der Waals surface area (Å²) >= 11 is 0. The largest absolute Gasteiger partial charge is 0.506 e. The predicted octanol–water partition coefficient (Wildman–Crippen LogP) is -7.59. The van der Waals surface area contributed by atoms with Crippen molar-refractivity contribution in [3.63, 3.8) is 0 Å². The molecule has 6 aliphatic carbocycles. The fourth-order valence-corrected chi connectivity index (χ4v) is 24.2. The highest BCUT2D eigenvalue weighted by atomic mass is 16.8. The van der Waals surface area contributed by atoms with E-state index < -0.39 is 388 Å². The van der Waals surface area contributed by atoms with E-state index in [9.17, 15) is 167 Å². The molecule has 11 rings (SSSR count). The van der Waals surface area contributed by atoms with E-state index in [-0.39, 0.29) is 96.4 Å². The van der Waals surface area contributed by atoms with E-state index in [1.54, 1.807) is 6.92 Å². The van der Waals surface area contributed by atoms with Gasteiger partial charge in [-0.25, -0.2) is 5.43 Å². The summed E-state index contributed by atoms with van der Waals surface area (Å²) in [4.78, 5) is 82.9. The van der Waals surface area contributed by atoms with Crippen LogP contribution in [0.15, 0.2) is 40.4 Å². The minimum absolute atomic E-state index is 0.0710. The SMILES string of the molecule is CCC(OC(C)=O)C(OC1CCC(O)C(O)C1O)C(O)C(O)OC1C(C)OC(OC(=O)[C@]23CCC(C)(C)CC2C2=CCC4[C@@]5(C)CC[C@H](OC(O)C(OC6OC(CO)C(O)C(O)C6O)C(OC(O)C(O)C(O)C(C)O)C(O)CC(=O)NC(C)(CO)CO)[C@@](C)(/C=N/NC(=O)CCCCCN6C(=O)C=CC6=O)C5CC[C@@]4(C)[C@]2(C)C[C@H]3O)C(OC2OC(C)C(OC3OCC(O)C(OC(O)/C(O)=C(/O)C(O)CCO)C3O)C(O)C2O)C1O. The van der Waals surface area contributed by atoms with Gasteiger partial charge in [0.2, 0.25) is 24.4 Å². The second-order valence-electron chi connectivity index (χ2n) is 44.2. The van der Waals surface area contributed by atoms with Gasteiger partial charge in [0.05, 0.1) is 87.2 Å². The van der Waals surface area contributed by atoms with Crippen LogP contribution in [0.5, 0.6) is 0 Å². The second kappa shape index (κ2) is 51.3. The standard InChI is InChI=1S/C98H160N4O48/c1-13-51(140-44(5)108)80(141-52-20-19-47(109)63(119)65(52)121)74(130)85(134)144-77-43(4)139-90(81(73(77)129)148-88-72(128)68(124)76(42(3)138-88)147-87-75(131)78(50(112)37-137-87)145-84(133)70(126)64(120)48(110)26-32-103)150-91(136)98-30-29-92(6,7)34-46(98)45-18-21-55-94(9)27-25-57(95(10,54(94)24-28-96(55,11)97(45,12)35-56(98)113)38-99-101-58(114)17-15-14-16-31-102-60(116)22-23-61(102)117)143-86(135)82(149-89-71(127)67(123)66(122)53(36-104)142-89)79(146-83(132)69(125)62(118)41(2)107)49(111)33-59(115)100-93(8,39-105)40-106/h18,22-23,38,41-43,46-57,62-63,65-69,71-90,103-107,109-113,118-135H,13-17,19-21,24-37,39-40H2,1-12H3,(H,100,115)(H,101,114)/b70-64-,99-38+/t41?,42?,43?,46?,47?,48?,49?,50?,51?,52?,53?,54?,55?,56-,57+,62?,63?,65?,66?,67?,68?,69?,71?,72?,73?,74?,75?,76?,77?,78?,79?,80?,81?,82?,83?,84?,85?,86?,87?,88?,89?,90?,94+,95+,96-,97-,98-/m1/s1. The van der Waals surface area contributed by atoms with E-state index in [1.807, 2.05) is 33.8 Å². The Hall–Kier alpha value is -6.01. The van der Waals surface area contributed by atoms with E-state index in [4.69, 9.17) is 66.3 Å². The van der Waals surface area contributed by atoms with Gasteiger partial charge in [-0.1, -0.05) is 66.5 Å². The summed E-state index contributed by atoms with van der Waals surface area (Å²) in [6.45, 7) is 15.1. The summed E-state index contributed by atoms with van der Waals surface area (Å²) < 4.78 is 85.1. The molecule has 4 amide bonds. The molecule has 9 fully saturated rings. The van der Waals surface area contributed by atoms with Crippen LogP contribution < -0.4 is 10.7 Å². The predicted molar refractivity (Wildman–Crippen MR) is 505 cm³/mol. The van der Waals surface area contributed by atoms with Crippen molar-refractivity contribution in [2.24, 2.45) is 55.3 Å². The molecular weight excluding hydrogens is 2000 g/mol. The van der Waals surface area contributed by atoms with Gasteiger partial charge in [-0.15, -0.1) is 0 Å². The zero-order valence-electron chi connectivity index (χ0n) is 86.1. The molecule has 0 aromatic carbocycles. The van der Waals surface area contributed by atoms with E-state index in [1.165, 1.54) is 33.9 Å². The van der Waals surface area contributed by atoms with E-state index in [0.29, 0.717) is 12.8 Å². The Morgan fingerprint density at radius 1 is 0.600 bits per heavy atom. The zero-order chi connectivity index (χ0) is 111. The zero-order valence-corrected chi connectivity index (χ0v) is 86.1. The van der Waals surface area contributed by atoms with Gasteiger partial charge in [0.15, 0.2) is 55.4 Å². The molecule has 0 bridgehead atoms. The molecule has 30 N–H and O–H groups in total. The number of hydrogen-bond donors (Lipinski definition) is 30. The van der Waals surface area contributed by atoms with Crippen molar-refractivity contribution in [3.8, 4) is 0 Å². The van der Waals surface area contributed by atoms with Gasteiger partial charge in [0.25, 0.3) is 11.8 Å². The van der Waals surface area contributed by atoms with Crippen LogP contribution in [0.25, 0.3) is 0 Å². The smallest absolute Gasteiger partial charge is 0.317 e. The molecule has 4 saturated heterocycles. The number of amides is 4. The number of unbranched alkanes of at least 4 members (excludes halogenated alkanes) is 2. The fraction of sp³-hybridized carbons (Fsp3) is 0.867. The van der Waals surface area contributed by atoms with Crippen molar-refractivity contribution in [2.45, 2.75) is 444 Å². The normalized spacial score (nSPS) is 40.3. The number of carbonyl (C=O) groups excluding carboxylic acids is 6. The maximum Gasteiger partial charge on any atom is 0.317 e. The lowest BCUT2D eigenvalue weighted by Crippen LogP contribution is -2.69. The Morgan fingerprint density at radius 2 is 1.25 bits per heavy atom. The Morgan fingerprint density at radius 3 is 1.88 bits per heavy atom. The summed E-state index contributed by atoms with van der Waals surface area (Å²) in [5.41, 5.74) is -5.39. The highest BCUT2D eigenvalue weighted by Crippen LogP contribution is 2.76. The van der Waals surface area contributed by atoms with Crippen molar-refractivity contribution in [1.29, 1.82) is 0 Å². The highest BCUT2D eigenvalue weighted by molar-refractivity contribution is 6.12. The molecule has 52 nitrogen and oxygen atoms in total. The molecule has 47 atom stereocenters. The van der Waals surface area contributed by atoms with Gasteiger partial charge >= 0.3 is 11.9 Å². The van der Waals surface area contributed by atoms with Crippen LogP contribution in [-0.4, -0.2) is 474 Å². The first-order valence-corrected chi connectivity index (χ1v) is 51.4. The molecule has 5 saturated carbocycles. The Kier molecular flexibility index (Phi) is 42.5. The van der Waals surface area contributed by atoms with Crippen LogP contribution in [0.2, 0.25) is 0 Å². The van der Waals surface area contributed by atoms with Crippen LogP contribution in [0.1, 0.15) is 199 Å². The third-order valence-corrected chi connectivity index (χ3v) is 33.3. The van der Waals surface area contributed by atoms with Crippen molar-refractivity contribution in [3.05, 3.63) is 35.3 Å². The first-order chi connectivity index (χ1) is 70.2. The number of ether oxygens (including phenoxy) is 14. The Bertz CT molecular complexity index is 4560. The maximum absolute atomic E-state index is 16.6. The van der Waals surface area contributed by atoms with Gasteiger partial charge in [0, 0.05) is 56.7 Å². The summed E-state index contributed by atoms with van der Waals surface area (Å²) in [5, 5.41) is 322. The molecule has 5 heterocycles. The number of hydrazone groups is 1. The average Bonchev–Trinajstić information content (AvgIpc) is 0.962. The van der Waals surface area contributed by atoms with Gasteiger partial charge in [-0.2, -0.15) is 5.10 Å².